The van der Waals surface area contributed by atoms with E-state index in [1.54, 1.807) is 6.07 Å². The molecule has 0 spiro atoms. The van der Waals surface area contributed by atoms with Crippen molar-refractivity contribution in [3.8, 4) is 0 Å². The number of likely N-dealkylation sites (N-methyl/N-ethyl adjacent to an activating group) is 1. The molecule has 3 rings (SSSR count). The topological polar surface area (TPSA) is 63.6 Å². The van der Waals surface area contributed by atoms with Gasteiger partial charge in [-0.2, -0.15) is 0 Å². The maximum Gasteiger partial charge on any atom is 0.250 e. The van der Waals surface area contributed by atoms with Crippen LogP contribution in [-0.4, -0.2) is 54.8 Å². The van der Waals surface area contributed by atoms with Crippen LogP contribution in [0.3, 0.4) is 0 Å². The Bertz CT molecular complexity index is 647. The smallest absolute Gasteiger partial charge is 0.250 e. The Labute approximate surface area is 142 Å². The van der Waals surface area contributed by atoms with Gasteiger partial charge in [-0.1, -0.05) is 6.07 Å². The molecule has 0 aromatic carbocycles. The van der Waals surface area contributed by atoms with E-state index in [1.165, 1.54) is 5.56 Å². The van der Waals surface area contributed by atoms with Gasteiger partial charge in [0, 0.05) is 37.5 Å². The third-order valence-corrected chi connectivity index (χ3v) is 4.92. The average molecular weight is 333 g/mol. The molecule has 1 aliphatic heterocycles. The molecular formula is C18H27N3O3. The number of pyridine rings is 1. The van der Waals surface area contributed by atoms with E-state index in [9.17, 15) is 9.59 Å². The molecule has 24 heavy (non-hydrogen) atoms. The Morgan fingerprint density at radius 2 is 2.21 bits per heavy atom. The molecule has 0 radical (unpaired) electrons. The summed E-state index contributed by atoms with van der Waals surface area (Å²) in [7, 11) is 4.02. The molecule has 6 heteroatoms. The van der Waals surface area contributed by atoms with Crippen LogP contribution in [0.25, 0.3) is 0 Å². The van der Waals surface area contributed by atoms with Gasteiger partial charge in [0.1, 0.15) is 6.10 Å². The lowest BCUT2D eigenvalue weighted by atomic mass is 9.91. The highest BCUT2D eigenvalue weighted by atomic mass is 16.5. The van der Waals surface area contributed by atoms with Crippen molar-refractivity contribution in [3.63, 3.8) is 0 Å². The van der Waals surface area contributed by atoms with Crippen LogP contribution in [0, 0.1) is 0 Å². The summed E-state index contributed by atoms with van der Waals surface area (Å²) in [6.45, 7) is 2.24. The molecule has 2 atom stereocenters. The molecule has 0 bridgehead atoms. The van der Waals surface area contributed by atoms with Gasteiger partial charge in [-0.05, 0) is 51.8 Å². The highest BCUT2D eigenvalue weighted by Crippen LogP contribution is 2.21. The highest BCUT2D eigenvalue weighted by Gasteiger charge is 2.28. The van der Waals surface area contributed by atoms with Crippen molar-refractivity contribution in [2.75, 3.05) is 27.2 Å². The Balaban J connectivity index is 1.68. The van der Waals surface area contributed by atoms with Crippen LogP contribution in [0.1, 0.15) is 30.5 Å². The normalized spacial score (nSPS) is 23.3. The zero-order valence-electron chi connectivity index (χ0n) is 14.6. The third kappa shape index (κ3) is 3.87. The summed E-state index contributed by atoms with van der Waals surface area (Å²) in [6, 6.07) is 3.71. The van der Waals surface area contributed by atoms with Gasteiger partial charge in [0.05, 0.1) is 0 Å². The second-order valence-corrected chi connectivity index (χ2v) is 7.05. The van der Waals surface area contributed by atoms with Gasteiger partial charge < -0.3 is 19.5 Å². The molecule has 6 nitrogen and oxygen atoms in total. The molecule has 1 amide bonds. The average Bonchev–Trinajstić information content (AvgIpc) is 3.08. The first kappa shape index (κ1) is 17.2. The molecule has 1 N–H and O–H groups in total. The summed E-state index contributed by atoms with van der Waals surface area (Å²) in [4.78, 5) is 26.5. The van der Waals surface area contributed by atoms with Crippen molar-refractivity contribution in [1.29, 1.82) is 0 Å². The summed E-state index contributed by atoms with van der Waals surface area (Å²) in [5, 5.41) is 3.13. The van der Waals surface area contributed by atoms with Crippen LogP contribution < -0.4 is 10.9 Å². The van der Waals surface area contributed by atoms with E-state index in [0.29, 0.717) is 13.2 Å². The predicted octanol–water partition coefficient (Wildman–Crippen LogP) is 0.562. The first-order valence-electron chi connectivity index (χ1n) is 8.83. The van der Waals surface area contributed by atoms with Crippen molar-refractivity contribution < 1.29 is 9.53 Å². The molecule has 1 aromatic heterocycles. The molecule has 132 valence electrons. The monoisotopic (exact) mass is 333 g/mol. The molecule has 2 heterocycles. The van der Waals surface area contributed by atoms with Crippen molar-refractivity contribution in [3.05, 3.63) is 33.7 Å². The van der Waals surface area contributed by atoms with Gasteiger partial charge in [-0.25, -0.2) is 0 Å². The summed E-state index contributed by atoms with van der Waals surface area (Å²) in [6.07, 6.45) is 3.99. The second-order valence-electron chi connectivity index (χ2n) is 7.05. The first-order chi connectivity index (χ1) is 11.5. The fourth-order valence-corrected chi connectivity index (χ4v) is 3.57. The van der Waals surface area contributed by atoms with Crippen molar-refractivity contribution >= 4 is 5.91 Å². The summed E-state index contributed by atoms with van der Waals surface area (Å²) >= 11 is 0. The van der Waals surface area contributed by atoms with Crippen LogP contribution in [0.15, 0.2) is 16.9 Å². The Hall–Kier alpha value is -1.66. The van der Waals surface area contributed by atoms with Crippen LogP contribution in [0.2, 0.25) is 0 Å². The minimum Gasteiger partial charge on any atom is -0.368 e. The lowest BCUT2D eigenvalue weighted by Gasteiger charge is -2.28. The van der Waals surface area contributed by atoms with Crippen LogP contribution in [-0.2, 0) is 28.9 Å². The zero-order valence-corrected chi connectivity index (χ0v) is 14.6. The molecule has 1 saturated heterocycles. The number of ether oxygens (including phenoxy) is 1. The Kier molecular flexibility index (Phi) is 5.36. The Morgan fingerprint density at radius 3 is 2.92 bits per heavy atom. The minimum atomic E-state index is -0.277. The number of nitrogens with one attached hydrogen (secondary N) is 1. The number of aromatic nitrogens is 1. The number of fused-ring (bicyclic) bond motifs is 1. The third-order valence-electron chi connectivity index (χ3n) is 4.92. The largest absolute Gasteiger partial charge is 0.368 e. The van der Waals surface area contributed by atoms with Crippen LogP contribution in [0.4, 0.5) is 0 Å². The van der Waals surface area contributed by atoms with E-state index in [2.05, 4.69) is 10.2 Å². The molecule has 1 aliphatic carbocycles. The quantitative estimate of drug-likeness (QED) is 0.855. The van der Waals surface area contributed by atoms with Gasteiger partial charge in [-0.3, -0.25) is 9.59 Å². The summed E-state index contributed by atoms with van der Waals surface area (Å²) < 4.78 is 7.35. The van der Waals surface area contributed by atoms with Gasteiger partial charge in [0.25, 0.3) is 5.56 Å². The van der Waals surface area contributed by atoms with Crippen LogP contribution in [0.5, 0.6) is 0 Å². The van der Waals surface area contributed by atoms with Crippen LogP contribution >= 0.6 is 0 Å². The van der Waals surface area contributed by atoms with Gasteiger partial charge in [0.15, 0.2) is 0 Å². The van der Waals surface area contributed by atoms with Crippen molar-refractivity contribution in [2.24, 2.45) is 0 Å². The standard InChI is InChI=1S/C18H27N3O3/c1-20(2)9-10-21-15-7-6-14(12-13(15)5-8-17(21)22)19-18(23)16-4-3-11-24-16/h5,8,14,16H,3-4,6-7,9-12H2,1-2H3,(H,19,23)/t14-,16-/m0/s1. The number of nitrogens with zero attached hydrogens (tertiary/aromatic N) is 2. The van der Waals surface area contributed by atoms with Crippen molar-refractivity contribution in [2.45, 2.75) is 50.8 Å². The summed E-state index contributed by atoms with van der Waals surface area (Å²) in [5.41, 5.74) is 2.38. The van der Waals surface area contributed by atoms with E-state index < -0.39 is 0 Å². The number of carbonyl (C=O) groups excluding carboxylic acids is 1. The molecule has 1 fully saturated rings. The van der Waals surface area contributed by atoms with E-state index >= 15 is 0 Å². The number of carbonyl (C=O) groups is 1. The fourth-order valence-electron chi connectivity index (χ4n) is 3.57. The number of amides is 1. The fraction of sp³-hybridized carbons (Fsp3) is 0.667. The highest BCUT2D eigenvalue weighted by molar-refractivity contribution is 5.81. The zero-order chi connectivity index (χ0) is 17.1. The van der Waals surface area contributed by atoms with E-state index in [4.69, 9.17) is 4.74 Å². The molecular weight excluding hydrogens is 306 g/mol. The maximum absolute atomic E-state index is 12.2. The lowest BCUT2D eigenvalue weighted by molar-refractivity contribution is -0.130. The van der Waals surface area contributed by atoms with E-state index in [-0.39, 0.29) is 23.6 Å². The molecule has 1 aromatic rings. The second kappa shape index (κ2) is 7.49. The van der Waals surface area contributed by atoms with E-state index in [1.807, 2.05) is 24.7 Å². The number of hydrogen-bond donors (Lipinski definition) is 1. The molecule has 2 aliphatic rings. The SMILES string of the molecule is CN(C)CCn1c2c(ccc1=O)C[C@@H](NC(=O)[C@@H]1CCCO1)CC2. The number of hydrogen-bond acceptors (Lipinski definition) is 4. The first-order valence-corrected chi connectivity index (χ1v) is 8.83. The molecule has 0 saturated carbocycles. The summed E-state index contributed by atoms with van der Waals surface area (Å²) in [5.74, 6) is 0.0156. The van der Waals surface area contributed by atoms with Gasteiger partial charge in [0.2, 0.25) is 5.91 Å². The Morgan fingerprint density at radius 1 is 1.38 bits per heavy atom. The minimum absolute atomic E-state index is 0.0156. The van der Waals surface area contributed by atoms with Gasteiger partial charge >= 0.3 is 0 Å². The maximum atomic E-state index is 12.2. The molecule has 0 unspecified atom stereocenters. The van der Waals surface area contributed by atoms with E-state index in [0.717, 1.165) is 44.3 Å². The van der Waals surface area contributed by atoms with Gasteiger partial charge in [-0.15, -0.1) is 0 Å². The number of rotatable bonds is 5. The van der Waals surface area contributed by atoms with Crippen molar-refractivity contribution in [1.82, 2.24) is 14.8 Å². The predicted molar refractivity (Wildman–Crippen MR) is 92.2 cm³/mol. The lowest BCUT2D eigenvalue weighted by Crippen LogP contribution is -2.44.